The zero-order valence-corrected chi connectivity index (χ0v) is 15.6. The first-order valence-corrected chi connectivity index (χ1v) is 8.35. The minimum atomic E-state index is -0.832. The number of ether oxygens (including phenoxy) is 1. The van der Waals surface area contributed by atoms with Crippen molar-refractivity contribution in [2.75, 3.05) is 13.1 Å². The quantitative estimate of drug-likeness (QED) is 0.605. The van der Waals surface area contributed by atoms with Gasteiger partial charge in [-0.25, -0.2) is 4.79 Å². The molecule has 0 aromatic heterocycles. The van der Waals surface area contributed by atoms with Crippen LogP contribution in [0, 0.1) is 17.8 Å². The van der Waals surface area contributed by atoms with Gasteiger partial charge in [-0.15, -0.1) is 0 Å². The Labute approximate surface area is 140 Å². The van der Waals surface area contributed by atoms with Crippen LogP contribution in [0.3, 0.4) is 0 Å². The van der Waals surface area contributed by atoms with Gasteiger partial charge in [0.15, 0.2) is 0 Å². The number of carboxylic acids is 1. The van der Waals surface area contributed by atoms with Crippen LogP contribution in [0.15, 0.2) is 0 Å². The standard InChI is InChI=1S/C17H34N2O4/c1-11(2)8-14(15(20)21)18-9-13(12(3)4)10-19-16(22)23-17(5,6)7/h11-14,18H,8-10H2,1-7H3,(H,19,22)(H,20,21). The molecule has 2 unspecified atom stereocenters. The average Bonchev–Trinajstić information content (AvgIpc) is 2.33. The molecule has 0 heterocycles. The number of hydrogen-bond acceptors (Lipinski definition) is 4. The first kappa shape index (κ1) is 21.7. The number of carbonyl (C=O) groups excluding carboxylic acids is 1. The molecule has 0 saturated heterocycles. The van der Waals surface area contributed by atoms with Gasteiger partial charge in [0.25, 0.3) is 0 Å². The van der Waals surface area contributed by atoms with Crippen molar-refractivity contribution >= 4 is 12.1 Å². The van der Waals surface area contributed by atoms with E-state index in [1.165, 1.54) is 0 Å². The molecular weight excluding hydrogens is 296 g/mol. The Kier molecular flexibility index (Phi) is 9.20. The maximum absolute atomic E-state index is 11.7. The molecule has 0 aliphatic carbocycles. The summed E-state index contributed by atoms with van der Waals surface area (Å²) in [4.78, 5) is 23.0. The van der Waals surface area contributed by atoms with Gasteiger partial charge in [-0.05, 0) is 44.9 Å². The second kappa shape index (κ2) is 9.75. The van der Waals surface area contributed by atoms with Gasteiger partial charge in [0.1, 0.15) is 11.6 Å². The maximum Gasteiger partial charge on any atom is 0.407 e. The third-order valence-corrected chi connectivity index (χ3v) is 3.48. The van der Waals surface area contributed by atoms with E-state index in [0.717, 1.165) is 0 Å². The van der Waals surface area contributed by atoms with Gasteiger partial charge < -0.3 is 20.5 Å². The molecular formula is C17H34N2O4. The molecule has 0 rings (SSSR count). The topological polar surface area (TPSA) is 87.7 Å². The summed E-state index contributed by atoms with van der Waals surface area (Å²) in [5.74, 6) is -0.0789. The highest BCUT2D eigenvalue weighted by molar-refractivity contribution is 5.73. The van der Waals surface area contributed by atoms with Crippen molar-refractivity contribution in [2.45, 2.75) is 66.5 Å². The third-order valence-electron chi connectivity index (χ3n) is 3.48. The zero-order chi connectivity index (χ0) is 18.2. The Balaban J connectivity index is 4.46. The highest BCUT2D eigenvalue weighted by Gasteiger charge is 2.23. The van der Waals surface area contributed by atoms with E-state index in [1.54, 1.807) is 0 Å². The van der Waals surface area contributed by atoms with Gasteiger partial charge >= 0.3 is 12.1 Å². The average molecular weight is 330 g/mol. The number of carboxylic acid groups (broad SMARTS) is 1. The lowest BCUT2D eigenvalue weighted by molar-refractivity contribution is -0.140. The summed E-state index contributed by atoms with van der Waals surface area (Å²) >= 11 is 0. The Morgan fingerprint density at radius 3 is 2.04 bits per heavy atom. The lowest BCUT2D eigenvalue weighted by Crippen LogP contribution is -2.44. The number of hydrogen-bond donors (Lipinski definition) is 3. The van der Waals surface area contributed by atoms with Crippen molar-refractivity contribution < 1.29 is 19.4 Å². The summed E-state index contributed by atoms with van der Waals surface area (Å²) in [6.07, 6.45) is 0.139. The molecule has 2 atom stereocenters. The van der Waals surface area contributed by atoms with Crippen LogP contribution >= 0.6 is 0 Å². The van der Waals surface area contributed by atoms with Crippen molar-refractivity contribution in [3.05, 3.63) is 0 Å². The Hall–Kier alpha value is -1.30. The molecule has 6 nitrogen and oxygen atoms in total. The minimum absolute atomic E-state index is 0.136. The van der Waals surface area contributed by atoms with E-state index in [0.29, 0.717) is 31.3 Å². The fourth-order valence-corrected chi connectivity index (χ4v) is 2.11. The monoisotopic (exact) mass is 330 g/mol. The molecule has 1 amide bonds. The molecule has 0 spiro atoms. The van der Waals surface area contributed by atoms with Crippen molar-refractivity contribution in [1.29, 1.82) is 0 Å². The van der Waals surface area contributed by atoms with E-state index in [9.17, 15) is 14.7 Å². The number of aliphatic carboxylic acids is 1. The molecule has 23 heavy (non-hydrogen) atoms. The lowest BCUT2D eigenvalue weighted by Gasteiger charge is -2.26. The van der Waals surface area contributed by atoms with Gasteiger partial charge in [-0.3, -0.25) is 4.79 Å². The van der Waals surface area contributed by atoms with Crippen LogP contribution in [0.5, 0.6) is 0 Å². The molecule has 6 heteroatoms. The van der Waals surface area contributed by atoms with Crippen LogP contribution in [0.1, 0.15) is 54.9 Å². The normalized spacial score (nSPS) is 14.7. The number of carbonyl (C=O) groups is 2. The van der Waals surface area contributed by atoms with Gasteiger partial charge in [-0.2, -0.15) is 0 Å². The Morgan fingerprint density at radius 2 is 1.65 bits per heavy atom. The van der Waals surface area contributed by atoms with Crippen LogP contribution in [0.2, 0.25) is 0 Å². The van der Waals surface area contributed by atoms with E-state index in [-0.39, 0.29) is 5.92 Å². The molecule has 0 saturated carbocycles. The molecule has 0 bridgehead atoms. The van der Waals surface area contributed by atoms with Crippen LogP contribution < -0.4 is 10.6 Å². The van der Waals surface area contributed by atoms with Crippen molar-refractivity contribution in [3.63, 3.8) is 0 Å². The first-order valence-electron chi connectivity index (χ1n) is 8.35. The highest BCUT2D eigenvalue weighted by Crippen LogP contribution is 2.12. The fourth-order valence-electron chi connectivity index (χ4n) is 2.11. The highest BCUT2D eigenvalue weighted by atomic mass is 16.6. The van der Waals surface area contributed by atoms with Crippen LogP contribution in [0.25, 0.3) is 0 Å². The molecule has 0 aliphatic heterocycles. The molecule has 3 N–H and O–H groups in total. The lowest BCUT2D eigenvalue weighted by atomic mass is 9.94. The van der Waals surface area contributed by atoms with E-state index < -0.39 is 23.7 Å². The predicted octanol–water partition coefficient (Wildman–Crippen LogP) is 2.87. The smallest absolute Gasteiger partial charge is 0.407 e. The fraction of sp³-hybridized carbons (Fsp3) is 0.882. The van der Waals surface area contributed by atoms with Crippen molar-refractivity contribution in [2.24, 2.45) is 17.8 Å². The SMILES string of the molecule is CC(C)CC(NCC(CNC(=O)OC(C)(C)C)C(C)C)C(=O)O. The number of amides is 1. The second-order valence-corrected chi connectivity index (χ2v) is 7.82. The van der Waals surface area contributed by atoms with E-state index in [4.69, 9.17) is 4.74 Å². The summed E-state index contributed by atoms with van der Waals surface area (Å²) in [6.45, 7) is 14.6. The largest absolute Gasteiger partial charge is 0.480 e. The second-order valence-electron chi connectivity index (χ2n) is 7.82. The van der Waals surface area contributed by atoms with Crippen LogP contribution in [0.4, 0.5) is 4.79 Å². The predicted molar refractivity (Wildman–Crippen MR) is 91.4 cm³/mol. The number of rotatable bonds is 9. The Morgan fingerprint density at radius 1 is 1.09 bits per heavy atom. The zero-order valence-electron chi connectivity index (χ0n) is 15.6. The van der Waals surface area contributed by atoms with E-state index in [1.807, 2.05) is 34.6 Å². The first-order chi connectivity index (χ1) is 10.4. The third kappa shape index (κ3) is 11.0. The minimum Gasteiger partial charge on any atom is -0.480 e. The maximum atomic E-state index is 11.7. The van der Waals surface area contributed by atoms with Gasteiger partial charge in [0.05, 0.1) is 0 Å². The molecule has 0 aromatic rings. The molecule has 0 radical (unpaired) electrons. The van der Waals surface area contributed by atoms with Gasteiger partial charge in [-0.1, -0.05) is 27.7 Å². The van der Waals surface area contributed by atoms with Crippen LogP contribution in [-0.4, -0.2) is 41.9 Å². The van der Waals surface area contributed by atoms with E-state index in [2.05, 4.69) is 24.5 Å². The summed E-state index contributed by atoms with van der Waals surface area (Å²) in [5, 5.41) is 15.1. The molecule has 0 fully saturated rings. The van der Waals surface area contributed by atoms with Crippen LogP contribution in [-0.2, 0) is 9.53 Å². The van der Waals surface area contributed by atoms with Crippen molar-refractivity contribution in [3.8, 4) is 0 Å². The molecule has 0 aromatic carbocycles. The summed E-state index contributed by atoms with van der Waals surface area (Å²) in [7, 11) is 0. The van der Waals surface area contributed by atoms with Gasteiger partial charge in [0, 0.05) is 13.1 Å². The molecule has 0 aliphatic rings. The Bertz CT molecular complexity index is 375. The number of nitrogens with one attached hydrogen (secondary N) is 2. The summed E-state index contributed by atoms with van der Waals surface area (Å²) in [6, 6.07) is -0.558. The summed E-state index contributed by atoms with van der Waals surface area (Å²) < 4.78 is 5.22. The molecule has 136 valence electrons. The van der Waals surface area contributed by atoms with Gasteiger partial charge in [0.2, 0.25) is 0 Å². The number of alkyl carbamates (subject to hydrolysis) is 1. The summed E-state index contributed by atoms with van der Waals surface area (Å²) in [5.41, 5.74) is -0.526. The van der Waals surface area contributed by atoms with E-state index >= 15 is 0 Å². The van der Waals surface area contributed by atoms with Crippen molar-refractivity contribution in [1.82, 2.24) is 10.6 Å².